The van der Waals surface area contributed by atoms with Gasteiger partial charge in [-0.15, -0.1) is 0 Å². The maximum absolute atomic E-state index is 12.3. The molecule has 0 aliphatic carbocycles. The summed E-state index contributed by atoms with van der Waals surface area (Å²) >= 11 is 5.84. The Bertz CT molecular complexity index is 875. The third-order valence-electron chi connectivity index (χ3n) is 4.64. The average Bonchev–Trinajstić information content (AvgIpc) is 3.03. The molecule has 0 radical (unpaired) electrons. The highest BCUT2D eigenvalue weighted by Gasteiger charge is 2.36. The summed E-state index contributed by atoms with van der Waals surface area (Å²) in [5, 5.41) is 13.8. The summed E-state index contributed by atoms with van der Waals surface area (Å²) in [6, 6.07) is 13.9. The number of ether oxygens (including phenoxy) is 1. The van der Waals surface area contributed by atoms with Crippen molar-refractivity contribution in [3.63, 3.8) is 0 Å². The highest BCUT2D eigenvalue weighted by Crippen LogP contribution is 2.29. The maximum atomic E-state index is 12.3. The van der Waals surface area contributed by atoms with Gasteiger partial charge in [-0.3, -0.25) is 4.79 Å². The Morgan fingerprint density at radius 2 is 1.69 bits per heavy atom. The van der Waals surface area contributed by atoms with Crippen molar-refractivity contribution in [1.82, 2.24) is 4.90 Å². The molecule has 154 valence electrons. The number of amides is 2. The number of hydrogen-bond acceptors (Lipinski definition) is 4. The van der Waals surface area contributed by atoms with Crippen LogP contribution in [-0.4, -0.2) is 46.8 Å². The molecule has 1 aliphatic rings. The number of nitrogens with one attached hydrogen (secondary N) is 1. The fourth-order valence-corrected chi connectivity index (χ4v) is 3.33. The number of benzene rings is 2. The molecule has 2 aromatic rings. The molecule has 1 heterocycles. The lowest BCUT2D eigenvalue weighted by Crippen LogP contribution is -2.35. The van der Waals surface area contributed by atoms with Gasteiger partial charge in [-0.25, -0.2) is 4.79 Å². The van der Waals surface area contributed by atoms with Gasteiger partial charge in [0, 0.05) is 28.7 Å². The summed E-state index contributed by atoms with van der Waals surface area (Å²) in [4.78, 5) is 26.1. The van der Waals surface area contributed by atoms with Crippen LogP contribution in [0.5, 0.6) is 0 Å². The van der Waals surface area contributed by atoms with Crippen LogP contribution in [0, 0.1) is 0 Å². The van der Waals surface area contributed by atoms with Crippen molar-refractivity contribution in [2.75, 3.05) is 18.4 Å². The van der Waals surface area contributed by atoms with Crippen molar-refractivity contribution in [2.45, 2.75) is 38.4 Å². The lowest BCUT2D eigenvalue weighted by atomic mass is 9.96. The van der Waals surface area contributed by atoms with E-state index >= 15 is 0 Å². The van der Waals surface area contributed by atoms with Crippen LogP contribution in [0.1, 0.15) is 42.6 Å². The number of nitrogens with zero attached hydrogens (tertiary/aromatic N) is 1. The van der Waals surface area contributed by atoms with Crippen molar-refractivity contribution in [1.29, 1.82) is 0 Å². The fraction of sp³-hybridized carbons (Fsp3) is 0.364. The van der Waals surface area contributed by atoms with Crippen LogP contribution in [-0.2, 0) is 4.74 Å². The SMILES string of the molecule is CC(C)(C)OC(=O)N1C[C@@H](O)[C@H](c2ccc(NC(=O)c3ccc(Cl)cc3)cc2)C1. The van der Waals surface area contributed by atoms with Crippen LogP contribution in [0.15, 0.2) is 48.5 Å². The molecular weight excluding hydrogens is 392 g/mol. The molecule has 0 unspecified atom stereocenters. The van der Waals surface area contributed by atoms with Crippen LogP contribution in [0.25, 0.3) is 0 Å². The van der Waals surface area contributed by atoms with Gasteiger partial charge in [-0.1, -0.05) is 23.7 Å². The number of β-amino-alcohol motifs (C(OH)–C–C–N with tert-alkyl or cyclic N) is 1. The van der Waals surface area contributed by atoms with E-state index in [-0.39, 0.29) is 18.4 Å². The predicted octanol–water partition coefficient (Wildman–Crippen LogP) is 4.29. The number of rotatable bonds is 3. The van der Waals surface area contributed by atoms with Gasteiger partial charge in [0.05, 0.1) is 12.6 Å². The molecule has 29 heavy (non-hydrogen) atoms. The number of likely N-dealkylation sites (tertiary alicyclic amines) is 1. The highest BCUT2D eigenvalue weighted by atomic mass is 35.5. The largest absolute Gasteiger partial charge is 0.444 e. The summed E-state index contributed by atoms with van der Waals surface area (Å²) in [5.41, 5.74) is 1.47. The van der Waals surface area contributed by atoms with Gasteiger partial charge in [0.25, 0.3) is 5.91 Å². The topological polar surface area (TPSA) is 78.9 Å². The van der Waals surface area contributed by atoms with Crippen molar-refractivity contribution >= 4 is 29.3 Å². The van der Waals surface area contributed by atoms with Crippen molar-refractivity contribution in [2.24, 2.45) is 0 Å². The third kappa shape index (κ3) is 5.49. The first-order valence-corrected chi connectivity index (χ1v) is 9.83. The zero-order valence-electron chi connectivity index (χ0n) is 16.7. The highest BCUT2D eigenvalue weighted by molar-refractivity contribution is 6.30. The molecule has 1 saturated heterocycles. The molecule has 2 N–H and O–H groups in total. The van der Waals surface area contributed by atoms with E-state index < -0.39 is 17.8 Å². The second kappa shape index (κ2) is 8.43. The van der Waals surface area contributed by atoms with Crippen LogP contribution in [0.4, 0.5) is 10.5 Å². The summed E-state index contributed by atoms with van der Waals surface area (Å²) in [6.07, 6.45) is -1.09. The zero-order valence-corrected chi connectivity index (χ0v) is 17.4. The van der Waals surface area contributed by atoms with E-state index in [4.69, 9.17) is 16.3 Å². The second-order valence-corrected chi connectivity index (χ2v) is 8.58. The first kappa shape index (κ1) is 21.1. The van der Waals surface area contributed by atoms with E-state index in [1.165, 1.54) is 4.90 Å². The van der Waals surface area contributed by atoms with Gasteiger partial charge in [0.1, 0.15) is 5.60 Å². The van der Waals surface area contributed by atoms with Gasteiger partial charge in [0.2, 0.25) is 0 Å². The Morgan fingerprint density at radius 1 is 1.07 bits per heavy atom. The number of aliphatic hydroxyl groups excluding tert-OH is 1. The van der Waals surface area contributed by atoms with Crippen LogP contribution >= 0.6 is 11.6 Å². The van der Waals surface area contributed by atoms with Crippen LogP contribution < -0.4 is 5.32 Å². The molecule has 0 saturated carbocycles. The zero-order chi connectivity index (χ0) is 21.2. The minimum Gasteiger partial charge on any atom is -0.444 e. The van der Waals surface area contributed by atoms with E-state index in [2.05, 4.69) is 5.32 Å². The minimum absolute atomic E-state index is 0.205. The lowest BCUT2D eigenvalue weighted by Gasteiger charge is -2.24. The van der Waals surface area contributed by atoms with Gasteiger partial charge in [-0.2, -0.15) is 0 Å². The molecule has 3 rings (SSSR count). The summed E-state index contributed by atoms with van der Waals surface area (Å²) < 4.78 is 5.39. The van der Waals surface area contributed by atoms with E-state index in [9.17, 15) is 14.7 Å². The Morgan fingerprint density at radius 3 is 2.28 bits per heavy atom. The predicted molar refractivity (Wildman–Crippen MR) is 112 cm³/mol. The van der Waals surface area contributed by atoms with E-state index in [0.29, 0.717) is 22.8 Å². The third-order valence-corrected chi connectivity index (χ3v) is 4.90. The van der Waals surface area contributed by atoms with Gasteiger partial charge < -0.3 is 20.1 Å². The Balaban J connectivity index is 1.63. The van der Waals surface area contributed by atoms with E-state index in [0.717, 1.165) is 5.56 Å². The minimum atomic E-state index is -0.669. The monoisotopic (exact) mass is 416 g/mol. The average molecular weight is 417 g/mol. The summed E-state index contributed by atoms with van der Waals surface area (Å²) in [5.74, 6) is -0.435. The Labute approximate surface area is 175 Å². The molecule has 0 bridgehead atoms. The number of carbonyl (C=O) groups excluding carboxylic acids is 2. The molecular formula is C22H25ClN2O4. The van der Waals surface area contributed by atoms with E-state index in [1.807, 2.05) is 32.9 Å². The van der Waals surface area contributed by atoms with Gasteiger partial charge in [-0.05, 0) is 62.7 Å². The van der Waals surface area contributed by atoms with Crippen molar-refractivity contribution < 1.29 is 19.4 Å². The lowest BCUT2D eigenvalue weighted by molar-refractivity contribution is 0.0270. The van der Waals surface area contributed by atoms with Crippen molar-refractivity contribution in [3.05, 3.63) is 64.7 Å². The summed E-state index contributed by atoms with van der Waals surface area (Å²) in [6.45, 7) is 6.05. The number of carbonyl (C=O) groups is 2. The molecule has 0 aromatic heterocycles. The Kier molecular flexibility index (Phi) is 6.15. The molecule has 2 atom stereocenters. The fourth-order valence-electron chi connectivity index (χ4n) is 3.21. The Hall–Kier alpha value is -2.57. The quantitative estimate of drug-likeness (QED) is 0.782. The standard InChI is InChI=1S/C22H25ClN2O4/c1-22(2,3)29-21(28)25-12-18(19(26)13-25)14-6-10-17(11-7-14)24-20(27)15-4-8-16(23)9-5-15/h4-11,18-19,26H,12-13H2,1-3H3,(H,24,27)/t18-,19+/m0/s1. The second-order valence-electron chi connectivity index (χ2n) is 8.14. The van der Waals surface area contributed by atoms with E-state index in [1.54, 1.807) is 36.4 Å². The molecule has 6 nitrogen and oxygen atoms in total. The smallest absolute Gasteiger partial charge is 0.410 e. The van der Waals surface area contributed by atoms with Crippen LogP contribution in [0.2, 0.25) is 5.02 Å². The maximum Gasteiger partial charge on any atom is 0.410 e. The molecule has 0 spiro atoms. The number of anilines is 1. The first-order chi connectivity index (χ1) is 13.6. The van der Waals surface area contributed by atoms with Gasteiger partial charge in [0.15, 0.2) is 0 Å². The number of aliphatic hydroxyl groups is 1. The number of hydrogen-bond donors (Lipinski definition) is 2. The van der Waals surface area contributed by atoms with Crippen LogP contribution in [0.3, 0.4) is 0 Å². The molecule has 2 amide bonds. The van der Waals surface area contributed by atoms with Crippen molar-refractivity contribution in [3.8, 4) is 0 Å². The molecule has 7 heteroatoms. The van der Waals surface area contributed by atoms with Gasteiger partial charge >= 0.3 is 6.09 Å². The molecule has 1 fully saturated rings. The summed E-state index contributed by atoms with van der Waals surface area (Å²) in [7, 11) is 0. The normalized spacial score (nSPS) is 19.1. The number of halogens is 1. The molecule has 1 aliphatic heterocycles. The first-order valence-electron chi connectivity index (χ1n) is 9.45. The molecule has 2 aromatic carbocycles.